The molecule has 106 valence electrons. The number of rotatable bonds is 2. The minimum Gasteiger partial charge on any atom is -0.345 e. The van der Waals surface area contributed by atoms with Gasteiger partial charge in [-0.05, 0) is 18.6 Å². The van der Waals surface area contributed by atoms with Gasteiger partial charge < -0.3 is 4.90 Å². The second-order valence-electron chi connectivity index (χ2n) is 4.83. The minimum absolute atomic E-state index is 0.242. The highest BCUT2D eigenvalue weighted by molar-refractivity contribution is 7.86. The van der Waals surface area contributed by atoms with E-state index in [1.807, 2.05) is 6.92 Å². The van der Waals surface area contributed by atoms with Gasteiger partial charge >= 0.3 is 0 Å². The van der Waals surface area contributed by atoms with Crippen LogP contribution in [-0.2, 0) is 10.1 Å². The third kappa shape index (κ3) is 2.52. The maximum absolute atomic E-state index is 12.1. The Morgan fingerprint density at radius 3 is 2.15 bits per heavy atom. The van der Waals surface area contributed by atoms with Crippen molar-refractivity contribution in [1.29, 1.82) is 0 Å². The SMILES string of the molecule is Cc1ccc2c(C(=O)N(C)C)cc(S(=O)(=O)O)c-2cc1. The zero-order chi connectivity index (χ0) is 15.1. The molecule has 0 aromatic carbocycles. The van der Waals surface area contributed by atoms with Crippen LogP contribution in [0.3, 0.4) is 0 Å². The Morgan fingerprint density at radius 2 is 1.65 bits per heavy atom. The summed E-state index contributed by atoms with van der Waals surface area (Å²) in [6.07, 6.45) is 0. The van der Waals surface area contributed by atoms with E-state index in [9.17, 15) is 17.8 Å². The number of aryl methyl sites for hydroxylation is 1. The standard InChI is InChI=1S/C14H15NO4S/c1-9-4-6-10-11(7-5-9)13(20(17,18)19)8-12(10)14(16)15(2)3/h4-8H,1-3H3,(H,17,18,19). The normalized spacial score (nSPS) is 11.6. The third-order valence-electron chi connectivity index (χ3n) is 3.06. The highest BCUT2D eigenvalue weighted by Gasteiger charge is 2.26. The van der Waals surface area contributed by atoms with Gasteiger partial charge in [-0.2, -0.15) is 8.42 Å². The molecule has 0 bridgehead atoms. The molecular formula is C14H15NO4S. The lowest BCUT2D eigenvalue weighted by Crippen LogP contribution is -2.21. The van der Waals surface area contributed by atoms with E-state index in [-0.39, 0.29) is 16.4 Å². The topological polar surface area (TPSA) is 74.7 Å². The fourth-order valence-electron chi connectivity index (χ4n) is 2.03. The van der Waals surface area contributed by atoms with Crippen molar-refractivity contribution in [1.82, 2.24) is 4.90 Å². The van der Waals surface area contributed by atoms with Crippen molar-refractivity contribution in [2.24, 2.45) is 0 Å². The molecule has 1 amide bonds. The monoisotopic (exact) mass is 293 g/mol. The molecule has 0 saturated carbocycles. The predicted molar refractivity (Wildman–Crippen MR) is 75.6 cm³/mol. The first kappa shape index (κ1) is 14.5. The Balaban J connectivity index is 2.83. The van der Waals surface area contributed by atoms with Gasteiger partial charge in [0, 0.05) is 25.2 Å². The van der Waals surface area contributed by atoms with E-state index in [0.29, 0.717) is 11.1 Å². The molecule has 0 unspecified atom stereocenters. The maximum atomic E-state index is 12.1. The molecule has 0 atom stereocenters. The van der Waals surface area contributed by atoms with Crippen molar-refractivity contribution >= 4 is 16.0 Å². The fourth-order valence-corrected chi connectivity index (χ4v) is 2.75. The van der Waals surface area contributed by atoms with Crippen molar-refractivity contribution in [2.45, 2.75) is 11.8 Å². The maximum Gasteiger partial charge on any atom is 0.295 e. The first-order valence-corrected chi connectivity index (χ1v) is 7.38. The van der Waals surface area contributed by atoms with Gasteiger partial charge in [-0.1, -0.05) is 29.8 Å². The molecule has 5 nitrogen and oxygen atoms in total. The Bertz CT molecular complexity index is 750. The number of amides is 1. The Labute approximate surface area is 117 Å². The summed E-state index contributed by atoms with van der Waals surface area (Å²) < 4.78 is 32.3. The van der Waals surface area contributed by atoms with Crippen molar-refractivity contribution in [3.05, 3.63) is 41.5 Å². The van der Waals surface area contributed by atoms with Crippen LogP contribution >= 0.6 is 0 Å². The van der Waals surface area contributed by atoms with Crippen LogP contribution in [0, 0.1) is 6.92 Å². The van der Waals surface area contributed by atoms with Gasteiger partial charge in [-0.15, -0.1) is 0 Å². The average molecular weight is 293 g/mol. The zero-order valence-corrected chi connectivity index (χ0v) is 12.2. The van der Waals surface area contributed by atoms with Crippen LogP contribution in [0.1, 0.15) is 15.9 Å². The molecule has 1 N–H and O–H groups in total. The summed E-state index contributed by atoms with van der Waals surface area (Å²) in [7, 11) is -1.21. The van der Waals surface area contributed by atoms with Crippen LogP contribution in [-0.4, -0.2) is 37.9 Å². The van der Waals surface area contributed by atoms with Crippen molar-refractivity contribution in [3.8, 4) is 11.1 Å². The molecular weight excluding hydrogens is 278 g/mol. The number of hydrogen-bond donors (Lipinski definition) is 1. The van der Waals surface area contributed by atoms with Gasteiger partial charge in [0.2, 0.25) is 0 Å². The average Bonchev–Trinajstić information content (AvgIpc) is 2.61. The Kier molecular flexibility index (Phi) is 3.54. The highest BCUT2D eigenvalue weighted by Crippen LogP contribution is 2.35. The summed E-state index contributed by atoms with van der Waals surface area (Å²) in [5.74, 6) is -0.311. The second-order valence-corrected chi connectivity index (χ2v) is 6.22. The predicted octanol–water partition coefficient (Wildman–Crippen LogP) is 2.05. The van der Waals surface area contributed by atoms with E-state index < -0.39 is 10.1 Å². The van der Waals surface area contributed by atoms with E-state index in [4.69, 9.17) is 0 Å². The largest absolute Gasteiger partial charge is 0.345 e. The van der Waals surface area contributed by atoms with E-state index >= 15 is 0 Å². The molecule has 0 heterocycles. The van der Waals surface area contributed by atoms with Gasteiger partial charge in [-0.25, -0.2) is 0 Å². The third-order valence-corrected chi connectivity index (χ3v) is 3.96. The molecule has 0 aromatic heterocycles. The van der Waals surface area contributed by atoms with Crippen LogP contribution in [0.15, 0.2) is 35.2 Å². The fraction of sp³-hybridized carbons (Fsp3) is 0.214. The van der Waals surface area contributed by atoms with Gasteiger partial charge in [0.15, 0.2) is 0 Å². The summed E-state index contributed by atoms with van der Waals surface area (Å²) in [5.41, 5.74) is 2.02. The van der Waals surface area contributed by atoms with Crippen LogP contribution < -0.4 is 0 Å². The van der Waals surface area contributed by atoms with Crippen LogP contribution in [0.5, 0.6) is 0 Å². The molecule has 2 aliphatic carbocycles. The summed E-state index contributed by atoms with van der Waals surface area (Å²) in [6, 6.07) is 8.04. The van der Waals surface area contributed by atoms with Crippen molar-refractivity contribution < 1.29 is 17.8 Å². The molecule has 0 aliphatic heterocycles. The Hall–Kier alpha value is -1.92. The smallest absolute Gasteiger partial charge is 0.295 e. The van der Waals surface area contributed by atoms with E-state index in [2.05, 4.69) is 0 Å². The van der Waals surface area contributed by atoms with Crippen molar-refractivity contribution in [2.75, 3.05) is 14.1 Å². The molecule has 2 aliphatic rings. The second kappa shape index (κ2) is 4.88. The highest BCUT2D eigenvalue weighted by atomic mass is 32.2. The van der Waals surface area contributed by atoms with Gasteiger partial charge in [0.05, 0.1) is 0 Å². The van der Waals surface area contributed by atoms with Crippen LogP contribution in [0.2, 0.25) is 0 Å². The molecule has 6 heteroatoms. The molecule has 0 spiro atoms. The summed E-state index contributed by atoms with van der Waals surface area (Å²) in [4.78, 5) is 13.3. The first-order valence-electron chi connectivity index (χ1n) is 5.94. The summed E-state index contributed by atoms with van der Waals surface area (Å²) in [5, 5.41) is 0. The van der Waals surface area contributed by atoms with E-state index in [1.165, 1.54) is 11.0 Å². The lowest BCUT2D eigenvalue weighted by molar-refractivity contribution is 0.0828. The lowest BCUT2D eigenvalue weighted by Gasteiger charge is -2.09. The quantitative estimate of drug-likeness (QED) is 0.860. The molecule has 2 rings (SSSR count). The van der Waals surface area contributed by atoms with Crippen LogP contribution in [0.4, 0.5) is 0 Å². The minimum atomic E-state index is -4.38. The van der Waals surface area contributed by atoms with Gasteiger partial charge in [-0.3, -0.25) is 9.35 Å². The van der Waals surface area contributed by atoms with Crippen molar-refractivity contribution in [3.63, 3.8) is 0 Å². The van der Waals surface area contributed by atoms with E-state index in [1.54, 1.807) is 38.4 Å². The van der Waals surface area contributed by atoms with Gasteiger partial charge in [0.1, 0.15) is 4.90 Å². The number of nitrogens with zero attached hydrogens (tertiary/aromatic N) is 1. The number of hydrogen-bond acceptors (Lipinski definition) is 3. The first-order chi connectivity index (χ1) is 9.21. The number of carbonyl (C=O) groups is 1. The molecule has 20 heavy (non-hydrogen) atoms. The summed E-state index contributed by atoms with van der Waals surface area (Å²) >= 11 is 0. The van der Waals surface area contributed by atoms with Gasteiger partial charge in [0.25, 0.3) is 16.0 Å². The zero-order valence-electron chi connectivity index (χ0n) is 11.4. The number of fused-ring (bicyclic) bond motifs is 1. The van der Waals surface area contributed by atoms with Crippen LogP contribution in [0.25, 0.3) is 11.1 Å². The molecule has 0 aromatic rings. The van der Waals surface area contributed by atoms with E-state index in [0.717, 1.165) is 5.56 Å². The molecule has 0 fully saturated rings. The number of carbonyl (C=O) groups excluding carboxylic acids is 1. The summed E-state index contributed by atoms with van der Waals surface area (Å²) in [6.45, 7) is 1.86. The lowest BCUT2D eigenvalue weighted by atomic mass is 10.1. The molecule has 0 saturated heterocycles. The Morgan fingerprint density at radius 1 is 1.10 bits per heavy atom. The molecule has 0 radical (unpaired) electrons.